The van der Waals surface area contributed by atoms with Gasteiger partial charge in [-0.25, -0.2) is 14.6 Å². The fourth-order valence-corrected chi connectivity index (χ4v) is 3.86. The molecule has 1 fully saturated rings. The first-order valence-corrected chi connectivity index (χ1v) is 9.81. The van der Waals surface area contributed by atoms with Gasteiger partial charge in [0.2, 0.25) is 5.91 Å². The molecule has 1 saturated heterocycles. The molecular weight excluding hydrogens is 404 g/mol. The highest BCUT2D eigenvalue weighted by Gasteiger charge is 2.27. The molecule has 1 aromatic heterocycles. The van der Waals surface area contributed by atoms with Gasteiger partial charge in [-0.3, -0.25) is 4.79 Å². The minimum atomic E-state index is -0.518. The Bertz CT molecular complexity index is 962. The summed E-state index contributed by atoms with van der Waals surface area (Å²) >= 11 is 7.27. The second-order valence-electron chi connectivity index (χ2n) is 5.84. The molecule has 2 aromatic rings. The number of hydrogen-bond acceptors (Lipinski definition) is 7. The van der Waals surface area contributed by atoms with E-state index in [0.29, 0.717) is 34.5 Å². The summed E-state index contributed by atoms with van der Waals surface area (Å²) in [5, 5.41) is 1.41. The third-order valence-corrected chi connectivity index (χ3v) is 5.24. The summed E-state index contributed by atoms with van der Waals surface area (Å²) in [7, 11) is 1.28. The largest absolute Gasteiger partial charge is 0.466 e. The molecule has 7 nitrogen and oxygen atoms in total. The van der Waals surface area contributed by atoms with Gasteiger partial charge in [0.05, 0.1) is 41.7 Å². The zero-order valence-electron chi connectivity index (χ0n) is 15.0. The summed E-state index contributed by atoms with van der Waals surface area (Å²) in [6, 6.07) is 8.64. The molecule has 0 radical (unpaired) electrons. The Morgan fingerprint density at radius 2 is 2.14 bits per heavy atom. The number of ether oxygens (including phenoxy) is 2. The summed E-state index contributed by atoms with van der Waals surface area (Å²) in [5.41, 5.74) is 0.953. The molecular formula is C19H17ClN2O5S. The van der Waals surface area contributed by atoms with E-state index in [-0.39, 0.29) is 23.4 Å². The van der Waals surface area contributed by atoms with Gasteiger partial charge in [0.1, 0.15) is 5.15 Å². The van der Waals surface area contributed by atoms with Crippen molar-refractivity contribution in [3.05, 3.63) is 52.2 Å². The number of hydrogen-bond donors (Lipinski definition) is 0. The Kier molecular flexibility index (Phi) is 6.53. The number of aromatic nitrogens is 1. The van der Waals surface area contributed by atoms with Crippen molar-refractivity contribution in [3.8, 4) is 0 Å². The van der Waals surface area contributed by atoms with E-state index >= 15 is 0 Å². The summed E-state index contributed by atoms with van der Waals surface area (Å²) < 4.78 is 9.94. The van der Waals surface area contributed by atoms with Crippen LogP contribution in [0.15, 0.2) is 41.4 Å². The molecule has 9 heteroatoms. The van der Waals surface area contributed by atoms with Gasteiger partial charge in [0.25, 0.3) is 0 Å². The number of carbonyl (C=O) groups is 3. The van der Waals surface area contributed by atoms with Crippen LogP contribution in [-0.4, -0.2) is 53.7 Å². The fraction of sp³-hybridized carbons (Fsp3) is 0.263. The van der Waals surface area contributed by atoms with Gasteiger partial charge in [-0.05, 0) is 18.6 Å². The van der Waals surface area contributed by atoms with E-state index in [1.165, 1.54) is 35.9 Å². The highest BCUT2D eigenvalue weighted by molar-refractivity contribution is 8.04. The van der Waals surface area contributed by atoms with Crippen LogP contribution in [0.4, 0.5) is 0 Å². The first-order valence-electron chi connectivity index (χ1n) is 8.45. The summed E-state index contributed by atoms with van der Waals surface area (Å²) in [6.07, 6.45) is 1.71. The number of pyridine rings is 1. The van der Waals surface area contributed by atoms with Crippen LogP contribution >= 0.6 is 23.4 Å². The molecule has 1 aromatic carbocycles. The minimum Gasteiger partial charge on any atom is -0.466 e. The standard InChI is InChI=1S/C19H17ClN2O5S/c1-26-18(24)10-17-22(16(23)11-28-17)7-4-8-27-19(25)13-9-15(20)21-14-6-3-2-5-12(13)14/h2-3,5-6,9-10H,4,7-8,11H2,1H3/b17-10+. The number of para-hydroxylation sites is 1. The predicted molar refractivity (Wildman–Crippen MR) is 106 cm³/mol. The Morgan fingerprint density at radius 3 is 2.93 bits per heavy atom. The SMILES string of the molecule is COC(=O)/C=C1/SCC(=O)N1CCCOC(=O)c1cc(Cl)nc2ccccc12. The lowest BCUT2D eigenvalue weighted by atomic mass is 10.1. The van der Waals surface area contributed by atoms with Crippen LogP contribution in [0.3, 0.4) is 0 Å². The number of amides is 1. The topological polar surface area (TPSA) is 85.8 Å². The van der Waals surface area contributed by atoms with Crippen molar-refractivity contribution in [2.24, 2.45) is 0 Å². The van der Waals surface area contributed by atoms with E-state index in [1.54, 1.807) is 18.2 Å². The van der Waals surface area contributed by atoms with Crippen LogP contribution in [0.2, 0.25) is 5.15 Å². The first kappa shape index (κ1) is 20.2. The Hall–Kier alpha value is -2.58. The molecule has 0 aliphatic carbocycles. The van der Waals surface area contributed by atoms with E-state index < -0.39 is 11.9 Å². The molecule has 0 bridgehead atoms. The van der Waals surface area contributed by atoms with E-state index in [4.69, 9.17) is 16.3 Å². The molecule has 0 unspecified atom stereocenters. The zero-order valence-corrected chi connectivity index (χ0v) is 16.6. The van der Waals surface area contributed by atoms with E-state index in [2.05, 4.69) is 9.72 Å². The van der Waals surface area contributed by atoms with Crippen LogP contribution in [0, 0.1) is 0 Å². The predicted octanol–water partition coefficient (Wildman–Crippen LogP) is 3.02. The average Bonchev–Trinajstić information content (AvgIpc) is 3.03. The molecule has 1 amide bonds. The lowest BCUT2D eigenvalue weighted by Crippen LogP contribution is -2.27. The van der Waals surface area contributed by atoms with Gasteiger partial charge >= 0.3 is 11.9 Å². The third-order valence-electron chi connectivity index (χ3n) is 4.02. The van der Waals surface area contributed by atoms with Gasteiger partial charge in [-0.1, -0.05) is 41.6 Å². The molecule has 1 aliphatic heterocycles. The van der Waals surface area contributed by atoms with Crippen LogP contribution in [-0.2, 0) is 19.1 Å². The maximum atomic E-state index is 12.5. The van der Waals surface area contributed by atoms with Crippen molar-refractivity contribution in [1.82, 2.24) is 9.88 Å². The average molecular weight is 421 g/mol. The van der Waals surface area contributed by atoms with Gasteiger partial charge in [-0.15, -0.1) is 0 Å². The highest BCUT2D eigenvalue weighted by Crippen LogP contribution is 2.29. The van der Waals surface area contributed by atoms with Crippen LogP contribution < -0.4 is 0 Å². The highest BCUT2D eigenvalue weighted by atomic mass is 35.5. The molecule has 0 atom stereocenters. The number of rotatable bonds is 6. The Labute approximate surface area is 170 Å². The maximum absolute atomic E-state index is 12.5. The molecule has 0 spiro atoms. The van der Waals surface area contributed by atoms with Crippen molar-refractivity contribution < 1.29 is 23.9 Å². The normalized spacial score (nSPS) is 15.3. The van der Waals surface area contributed by atoms with E-state index in [0.717, 1.165) is 0 Å². The van der Waals surface area contributed by atoms with E-state index in [9.17, 15) is 14.4 Å². The molecule has 1 aliphatic rings. The fourth-order valence-electron chi connectivity index (χ4n) is 2.71. The number of fused-ring (bicyclic) bond motifs is 1. The summed E-state index contributed by atoms with van der Waals surface area (Å²) in [5.74, 6) is -0.856. The molecule has 0 N–H and O–H groups in total. The van der Waals surface area contributed by atoms with Crippen LogP contribution in [0.25, 0.3) is 10.9 Å². The molecule has 28 heavy (non-hydrogen) atoms. The third kappa shape index (κ3) is 4.63. The van der Waals surface area contributed by atoms with Crippen molar-refractivity contribution in [3.63, 3.8) is 0 Å². The van der Waals surface area contributed by atoms with Gasteiger partial charge in [0, 0.05) is 11.9 Å². The lowest BCUT2D eigenvalue weighted by molar-refractivity contribution is -0.134. The van der Waals surface area contributed by atoms with Gasteiger partial charge in [-0.2, -0.15) is 0 Å². The molecule has 146 valence electrons. The Balaban J connectivity index is 1.60. The lowest BCUT2D eigenvalue weighted by Gasteiger charge is -2.16. The summed E-state index contributed by atoms with van der Waals surface area (Å²) in [4.78, 5) is 41.5. The number of thioether (sulfide) groups is 1. The minimum absolute atomic E-state index is 0.0987. The van der Waals surface area contributed by atoms with Crippen molar-refractivity contribution in [1.29, 1.82) is 0 Å². The number of esters is 2. The molecule has 0 saturated carbocycles. The quantitative estimate of drug-likeness (QED) is 0.307. The monoisotopic (exact) mass is 420 g/mol. The maximum Gasteiger partial charge on any atom is 0.338 e. The number of halogens is 1. The number of benzene rings is 1. The smallest absolute Gasteiger partial charge is 0.338 e. The van der Waals surface area contributed by atoms with Gasteiger partial charge in [0.15, 0.2) is 0 Å². The Morgan fingerprint density at radius 1 is 1.36 bits per heavy atom. The first-order chi connectivity index (χ1) is 13.5. The van der Waals surface area contributed by atoms with E-state index in [1.807, 2.05) is 6.07 Å². The number of methoxy groups -OCH3 is 1. The second kappa shape index (κ2) is 9.07. The second-order valence-corrected chi connectivity index (χ2v) is 7.22. The van der Waals surface area contributed by atoms with Crippen molar-refractivity contribution in [2.75, 3.05) is 26.0 Å². The van der Waals surface area contributed by atoms with Crippen molar-refractivity contribution in [2.45, 2.75) is 6.42 Å². The molecule has 3 rings (SSSR count). The summed E-state index contributed by atoms with van der Waals surface area (Å²) in [6.45, 7) is 0.451. The zero-order chi connectivity index (χ0) is 20.1. The number of carbonyl (C=O) groups excluding carboxylic acids is 3. The number of nitrogens with zero attached hydrogens (tertiary/aromatic N) is 2. The molecule has 2 heterocycles. The van der Waals surface area contributed by atoms with Gasteiger partial charge < -0.3 is 14.4 Å². The van der Waals surface area contributed by atoms with Crippen LogP contribution in [0.5, 0.6) is 0 Å². The van der Waals surface area contributed by atoms with Crippen molar-refractivity contribution >= 4 is 52.1 Å². The van der Waals surface area contributed by atoms with Crippen LogP contribution in [0.1, 0.15) is 16.8 Å².